The third kappa shape index (κ3) is 7.28. The van der Waals surface area contributed by atoms with Crippen LogP contribution >= 0.6 is 0 Å². The average Bonchev–Trinajstić information content (AvgIpc) is 2.46. The summed E-state index contributed by atoms with van der Waals surface area (Å²) in [6, 6.07) is 6.08. The van der Waals surface area contributed by atoms with E-state index in [0.717, 1.165) is 49.2 Å². The van der Waals surface area contributed by atoms with Gasteiger partial charge in [-0.3, -0.25) is 4.79 Å². The highest BCUT2D eigenvalue weighted by atomic mass is 16.1. The first-order valence-corrected chi connectivity index (χ1v) is 8.22. The normalized spacial score (nSPS) is 10.6. The van der Waals surface area contributed by atoms with Crippen molar-refractivity contribution in [3.05, 3.63) is 29.3 Å². The minimum absolute atomic E-state index is 0.131. The van der Waals surface area contributed by atoms with Gasteiger partial charge in [-0.1, -0.05) is 38.0 Å². The van der Waals surface area contributed by atoms with E-state index in [9.17, 15) is 4.79 Å². The number of carbonyl (C=O) groups excluding carboxylic acids is 1. The van der Waals surface area contributed by atoms with Gasteiger partial charge in [0.15, 0.2) is 0 Å². The second-order valence-corrected chi connectivity index (χ2v) is 5.73. The minimum atomic E-state index is 0.131. The van der Waals surface area contributed by atoms with Gasteiger partial charge in [-0.2, -0.15) is 0 Å². The van der Waals surface area contributed by atoms with Crippen LogP contribution in [-0.4, -0.2) is 19.0 Å². The third-order valence-corrected chi connectivity index (χ3v) is 3.71. The number of rotatable bonds is 10. The molecule has 1 aromatic carbocycles. The topological polar surface area (TPSA) is 41.1 Å². The van der Waals surface area contributed by atoms with E-state index in [1.54, 1.807) is 0 Å². The molecular weight excluding hydrogens is 260 g/mol. The minimum Gasteiger partial charge on any atom is -0.326 e. The van der Waals surface area contributed by atoms with Crippen LogP contribution in [0.2, 0.25) is 0 Å². The van der Waals surface area contributed by atoms with Crippen LogP contribution < -0.4 is 10.6 Å². The molecule has 1 aromatic rings. The zero-order chi connectivity index (χ0) is 15.5. The van der Waals surface area contributed by atoms with Gasteiger partial charge >= 0.3 is 0 Å². The predicted octanol–water partition coefficient (Wildman–Crippen LogP) is 4.19. The van der Waals surface area contributed by atoms with E-state index in [1.165, 1.54) is 12.8 Å². The molecule has 0 aliphatic carbocycles. The van der Waals surface area contributed by atoms with Crippen LogP contribution in [0.3, 0.4) is 0 Å². The standard InChI is InChI=1S/C18H30N2O/c1-4-5-13-19-14-8-6-7-12-17(21)20-18-15(2)10-9-11-16(18)3/h9-11,19H,4-8,12-14H2,1-3H3,(H,20,21). The smallest absolute Gasteiger partial charge is 0.224 e. The van der Waals surface area contributed by atoms with Gasteiger partial charge in [-0.15, -0.1) is 0 Å². The van der Waals surface area contributed by atoms with E-state index in [2.05, 4.69) is 17.6 Å². The Morgan fingerprint density at radius 2 is 1.67 bits per heavy atom. The molecule has 1 amide bonds. The highest BCUT2D eigenvalue weighted by molar-refractivity contribution is 5.92. The van der Waals surface area contributed by atoms with Gasteiger partial charge in [0.2, 0.25) is 5.91 Å². The summed E-state index contributed by atoms with van der Waals surface area (Å²) in [5.74, 6) is 0.131. The van der Waals surface area contributed by atoms with Crippen LogP contribution in [-0.2, 0) is 4.79 Å². The fourth-order valence-electron chi connectivity index (χ4n) is 2.35. The number of nitrogens with one attached hydrogen (secondary N) is 2. The molecular formula is C18H30N2O. The Balaban J connectivity index is 2.14. The SMILES string of the molecule is CCCCNCCCCCC(=O)Nc1c(C)cccc1C. The molecule has 21 heavy (non-hydrogen) atoms. The first-order chi connectivity index (χ1) is 10.1. The van der Waals surface area contributed by atoms with Crippen LogP contribution in [0.1, 0.15) is 56.6 Å². The van der Waals surface area contributed by atoms with Gasteiger partial charge in [-0.25, -0.2) is 0 Å². The second-order valence-electron chi connectivity index (χ2n) is 5.73. The fourth-order valence-corrected chi connectivity index (χ4v) is 2.35. The van der Waals surface area contributed by atoms with Gasteiger partial charge in [0, 0.05) is 12.1 Å². The molecule has 1 rings (SSSR count). The summed E-state index contributed by atoms with van der Waals surface area (Å²) in [5.41, 5.74) is 3.23. The molecule has 0 unspecified atom stereocenters. The maximum atomic E-state index is 12.0. The second kappa shape index (κ2) is 10.4. The Kier molecular flexibility index (Phi) is 8.76. The molecule has 3 heteroatoms. The first-order valence-electron chi connectivity index (χ1n) is 8.22. The number of para-hydroxylation sites is 1. The van der Waals surface area contributed by atoms with Crippen LogP contribution in [0.4, 0.5) is 5.69 Å². The quantitative estimate of drug-likeness (QED) is 0.634. The van der Waals surface area contributed by atoms with Crippen LogP contribution in [0.5, 0.6) is 0 Å². The Morgan fingerprint density at radius 1 is 1.00 bits per heavy atom. The summed E-state index contributed by atoms with van der Waals surface area (Å²) < 4.78 is 0. The Morgan fingerprint density at radius 3 is 2.33 bits per heavy atom. The molecule has 0 heterocycles. The number of unbranched alkanes of at least 4 members (excludes halogenated alkanes) is 3. The zero-order valence-electron chi connectivity index (χ0n) is 13.8. The van der Waals surface area contributed by atoms with E-state index < -0.39 is 0 Å². The highest BCUT2D eigenvalue weighted by Crippen LogP contribution is 2.19. The van der Waals surface area contributed by atoms with E-state index in [4.69, 9.17) is 0 Å². The molecule has 118 valence electrons. The summed E-state index contributed by atoms with van der Waals surface area (Å²) in [4.78, 5) is 12.0. The Labute approximate surface area is 129 Å². The van der Waals surface area contributed by atoms with Gasteiger partial charge in [0.05, 0.1) is 0 Å². The van der Waals surface area contributed by atoms with Gasteiger partial charge in [0.1, 0.15) is 0 Å². The summed E-state index contributed by atoms with van der Waals surface area (Å²) in [6.07, 6.45) is 6.33. The van der Waals surface area contributed by atoms with Crippen molar-refractivity contribution in [1.29, 1.82) is 0 Å². The lowest BCUT2D eigenvalue weighted by Gasteiger charge is -2.11. The largest absolute Gasteiger partial charge is 0.326 e. The van der Waals surface area contributed by atoms with Crippen molar-refractivity contribution < 1.29 is 4.79 Å². The first kappa shape index (κ1) is 17.7. The van der Waals surface area contributed by atoms with E-state index in [1.807, 2.05) is 32.0 Å². The van der Waals surface area contributed by atoms with Crippen LogP contribution in [0.25, 0.3) is 0 Å². The fraction of sp³-hybridized carbons (Fsp3) is 0.611. The van der Waals surface area contributed by atoms with Crippen molar-refractivity contribution in [3.8, 4) is 0 Å². The summed E-state index contributed by atoms with van der Waals surface area (Å²) >= 11 is 0. The predicted molar refractivity (Wildman–Crippen MR) is 90.8 cm³/mol. The Hall–Kier alpha value is -1.35. The maximum Gasteiger partial charge on any atom is 0.224 e. The number of amides is 1. The monoisotopic (exact) mass is 290 g/mol. The molecule has 0 bridgehead atoms. The Bertz CT molecular complexity index is 409. The van der Waals surface area contributed by atoms with Crippen LogP contribution in [0.15, 0.2) is 18.2 Å². The van der Waals surface area contributed by atoms with Crippen molar-refractivity contribution in [2.45, 2.75) is 59.3 Å². The molecule has 0 aliphatic heterocycles. The van der Waals surface area contributed by atoms with Crippen molar-refractivity contribution in [2.75, 3.05) is 18.4 Å². The van der Waals surface area contributed by atoms with Gasteiger partial charge in [-0.05, 0) is 57.3 Å². The van der Waals surface area contributed by atoms with Crippen LogP contribution in [0, 0.1) is 13.8 Å². The molecule has 0 spiro atoms. The summed E-state index contributed by atoms with van der Waals surface area (Å²) in [6.45, 7) is 8.45. The number of hydrogen-bond donors (Lipinski definition) is 2. The van der Waals surface area contributed by atoms with Crippen molar-refractivity contribution in [1.82, 2.24) is 5.32 Å². The molecule has 3 nitrogen and oxygen atoms in total. The highest BCUT2D eigenvalue weighted by Gasteiger charge is 2.06. The molecule has 0 atom stereocenters. The van der Waals surface area contributed by atoms with E-state index in [-0.39, 0.29) is 5.91 Å². The van der Waals surface area contributed by atoms with Crippen molar-refractivity contribution in [3.63, 3.8) is 0 Å². The number of hydrogen-bond acceptors (Lipinski definition) is 2. The lowest BCUT2D eigenvalue weighted by Crippen LogP contribution is -2.17. The number of carbonyl (C=O) groups is 1. The molecule has 0 saturated carbocycles. The van der Waals surface area contributed by atoms with E-state index >= 15 is 0 Å². The van der Waals surface area contributed by atoms with Gasteiger partial charge < -0.3 is 10.6 Å². The lowest BCUT2D eigenvalue weighted by atomic mass is 10.1. The summed E-state index contributed by atoms with van der Waals surface area (Å²) in [5, 5.41) is 6.47. The van der Waals surface area contributed by atoms with Gasteiger partial charge in [0.25, 0.3) is 0 Å². The molecule has 0 fully saturated rings. The lowest BCUT2D eigenvalue weighted by molar-refractivity contribution is -0.116. The molecule has 0 radical (unpaired) electrons. The average molecular weight is 290 g/mol. The van der Waals surface area contributed by atoms with E-state index in [0.29, 0.717) is 6.42 Å². The molecule has 0 aliphatic rings. The number of benzene rings is 1. The maximum absolute atomic E-state index is 12.0. The molecule has 0 saturated heterocycles. The summed E-state index contributed by atoms with van der Waals surface area (Å²) in [7, 11) is 0. The number of aryl methyl sites for hydroxylation is 2. The molecule has 2 N–H and O–H groups in total. The zero-order valence-corrected chi connectivity index (χ0v) is 13.8. The number of anilines is 1. The van der Waals surface area contributed by atoms with Crippen molar-refractivity contribution >= 4 is 11.6 Å². The van der Waals surface area contributed by atoms with Crippen molar-refractivity contribution in [2.24, 2.45) is 0 Å². The third-order valence-electron chi connectivity index (χ3n) is 3.71. The molecule has 0 aromatic heterocycles.